The van der Waals surface area contributed by atoms with E-state index in [2.05, 4.69) is 4.98 Å². The van der Waals surface area contributed by atoms with Crippen LogP contribution in [0.4, 0.5) is 0 Å². The van der Waals surface area contributed by atoms with E-state index in [0.717, 1.165) is 5.39 Å². The van der Waals surface area contributed by atoms with Gasteiger partial charge in [0.1, 0.15) is 17.4 Å². The van der Waals surface area contributed by atoms with Gasteiger partial charge < -0.3 is 9.52 Å². The van der Waals surface area contributed by atoms with Crippen LogP contribution in [0.1, 0.15) is 11.9 Å². The molecule has 2 aromatic heterocycles. The summed E-state index contributed by atoms with van der Waals surface area (Å²) < 4.78 is 5.21. The van der Waals surface area contributed by atoms with Crippen molar-refractivity contribution in [3.05, 3.63) is 30.3 Å². The van der Waals surface area contributed by atoms with Crippen LogP contribution in [0.15, 0.2) is 28.9 Å². The number of hydrogen-bond donors (Lipinski definition) is 1. The molecule has 0 radical (unpaired) electrons. The fourth-order valence-electron chi connectivity index (χ4n) is 1.10. The number of nitrogens with zero attached hydrogens (tertiary/aromatic N) is 2. The summed E-state index contributed by atoms with van der Waals surface area (Å²) in [5.74, 6) is 0.255. The SMILES string of the molecule is N#C[C@H](O)c1cc2cnccc2o1. The lowest BCUT2D eigenvalue weighted by atomic mass is 10.2. The number of aliphatic hydroxyl groups is 1. The van der Waals surface area contributed by atoms with Gasteiger partial charge in [-0.05, 0) is 12.1 Å². The normalized spacial score (nSPS) is 12.6. The van der Waals surface area contributed by atoms with Crippen molar-refractivity contribution in [3.8, 4) is 6.07 Å². The summed E-state index contributed by atoms with van der Waals surface area (Å²) >= 11 is 0. The number of furan rings is 1. The number of aromatic nitrogens is 1. The second-order valence-corrected chi connectivity index (χ2v) is 2.59. The Balaban J connectivity index is 2.57. The van der Waals surface area contributed by atoms with Gasteiger partial charge in [0, 0.05) is 17.8 Å². The molecule has 2 heterocycles. The summed E-state index contributed by atoms with van der Waals surface area (Å²) in [4.78, 5) is 3.89. The standard InChI is InChI=1S/C9H6N2O2/c10-4-7(12)9-3-6-5-11-2-1-8(6)13-9/h1-3,5,7,12H/t7-/m0/s1. The highest BCUT2D eigenvalue weighted by Crippen LogP contribution is 2.22. The summed E-state index contributed by atoms with van der Waals surface area (Å²) in [6, 6.07) is 4.97. The average molecular weight is 174 g/mol. The van der Waals surface area contributed by atoms with E-state index >= 15 is 0 Å². The molecule has 0 saturated carbocycles. The van der Waals surface area contributed by atoms with Gasteiger partial charge in [-0.1, -0.05) is 0 Å². The van der Waals surface area contributed by atoms with Gasteiger partial charge in [0.15, 0.2) is 6.10 Å². The van der Waals surface area contributed by atoms with E-state index in [1.807, 2.05) is 0 Å². The first-order valence-corrected chi connectivity index (χ1v) is 3.72. The quantitative estimate of drug-likeness (QED) is 0.663. The van der Waals surface area contributed by atoms with E-state index in [9.17, 15) is 0 Å². The maximum atomic E-state index is 9.16. The molecule has 0 spiro atoms. The fourth-order valence-corrected chi connectivity index (χ4v) is 1.10. The predicted molar refractivity (Wildman–Crippen MR) is 44.6 cm³/mol. The Morgan fingerprint density at radius 3 is 3.15 bits per heavy atom. The van der Waals surface area contributed by atoms with Gasteiger partial charge in [-0.3, -0.25) is 4.98 Å². The van der Waals surface area contributed by atoms with Gasteiger partial charge in [0.05, 0.1) is 0 Å². The van der Waals surface area contributed by atoms with Crippen LogP contribution in [0.3, 0.4) is 0 Å². The zero-order valence-electron chi connectivity index (χ0n) is 6.64. The molecule has 4 nitrogen and oxygen atoms in total. The molecule has 0 saturated heterocycles. The molecule has 0 amide bonds. The van der Waals surface area contributed by atoms with Crippen LogP contribution in [0, 0.1) is 11.3 Å². The van der Waals surface area contributed by atoms with Crippen molar-refractivity contribution in [2.75, 3.05) is 0 Å². The molecule has 1 atom stereocenters. The lowest BCUT2D eigenvalue weighted by Gasteiger charge is -1.92. The molecule has 0 aliphatic rings. The molecule has 4 heteroatoms. The Morgan fingerprint density at radius 1 is 1.62 bits per heavy atom. The van der Waals surface area contributed by atoms with E-state index in [0.29, 0.717) is 5.58 Å². The lowest BCUT2D eigenvalue weighted by Crippen LogP contribution is -1.88. The van der Waals surface area contributed by atoms with Crippen molar-refractivity contribution in [2.45, 2.75) is 6.10 Å². The first-order valence-electron chi connectivity index (χ1n) is 3.72. The van der Waals surface area contributed by atoms with Crippen LogP contribution in [0.25, 0.3) is 11.0 Å². The molecule has 2 rings (SSSR count). The monoisotopic (exact) mass is 174 g/mol. The maximum Gasteiger partial charge on any atom is 0.198 e. The molecule has 13 heavy (non-hydrogen) atoms. The molecule has 0 unspecified atom stereocenters. The number of nitriles is 1. The van der Waals surface area contributed by atoms with Crippen LogP contribution >= 0.6 is 0 Å². The highest BCUT2D eigenvalue weighted by molar-refractivity contribution is 5.76. The minimum Gasteiger partial charge on any atom is -0.457 e. The number of rotatable bonds is 1. The third kappa shape index (κ3) is 1.25. The van der Waals surface area contributed by atoms with Crippen molar-refractivity contribution in [3.63, 3.8) is 0 Å². The van der Waals surface area contributed by atoms with Crippen LogP contribution < -0.4 is 0 Å². The van der Waals surface area contributed by atoms with Crippen LogP contribution in [-0.2, 0) is 0 Å². The Labute approximate surface area is 74.0 Å². The summed E-state index contributed by atoms with van der Waals surface area (Å²) in [5.41, 5.74) is 0.624. The first kappa shape index (κ1) is 7.77. The Bertz CT molecular complexity index is 437. The zero-order valence-corrected chi connectivity index (χ0v) is 6.64. The van der Waals surface area contributed by atoms with E-state index in [-0.39, 0.29) is 5.76 Å². The lowest BCUT2D eigenvalue weighted by molar-refractivity contribution is 0.207. The predicted octanol–water partition coefficient (Wildman–Crippen LogP) is 1.38. The average Bonchev–Trinajstić information content (AvgIpc) is 2.59. The van der Waals surface area contributed by atoms with E-state index < -0.39 is 6.10 Å². The molecule has 2 aromatic rings. The van der Waals surface area contributed by atoms with Crippen LogP contribution in [-0.4, -0.2) is 10.1 Å². The minimum atomic E-state index is -1.20. The molecule has 0 aliphatic carbocycles. The second-order valence-electron chi connectivity index (χ2n) is 2.59. The minimum absolute atomic E-state index is 0.255. The zero-order chi connectivity index (χ0) is 9.26. The van der Waals surface area contributed by atoms with Crippen molar-refractivity contribution in [2.24, 2.45) is 0 Å². The maximum absolute atomic E-state index is 9.16. The van der Waals surface area contributed by atoms with E-state index in [4.69, 9.17) is 14.8 Å². The summed E-state index contributed by atoms with van der Waals surface area (Å²) in [6.07, 6.45) is 2.01. The molecule has 64 valence electrons. The second kappa shape index (κ2) is 2.88. The highest BCUT2D eigenvalue weighted by atomic mass is 16.4. The van der Waals surface area contributed by atoms with Crippen molar-refractivity contribution >= 4 is 11.0 Å². The van der Waals surface area contributed by atoms with Gasteiger partial charge in [0.25, 0.3) is 0 Å². The van der Waals surface area contributed by atoms with E-state index in [1.165, 1.54) is 0 Å². The number of fused-ring (bicyclic) bond motifs is 1. The molecule has 0 aromatic carbocycles. The highest BCUT2D eigenvalue weighted by Gasteiger charge is 2.11. The topological polar surface area (TPSA) is 70.0 Å². The molecular weight excluding hydrogens is 168 g/mol. The van der Waals surface area contributed by atoms with Crippen molar-refractivity contribution in [1.82, 2.24) is 4.98 Å². The largest absolute Gasteiger partial charge is 0.457 e. The number of aliphatic hydroxyl groups excluding tert-OH is 1. The molecule has 0 fully saturated rings. The summed E-state index contributed by atoms with van der Waals surface area (Å²) in [6.45, 7) is 0. The third-order valence-electron chi connectivity index (χ3n) is 1.73. The number of pyridine rings is 1. The van der Waals surface area contributed by atoms with Gasteiger partial charge in [0.2, 0.25) is 0 Å². The van der Waals surface area contributed by atoms with Crippen molar-refractivity contribution in [1.29, 1.82) is 5.26 Å². The Hall–Kier alpha value is -1.86. The number of hydrogen-bond acceptors (Lipinski definition) is 4. The van der Waals surface area contributed by atoms with Crippen LogP contribution in [0.2, 0.25) is 0 Å². The molecule has 1 N–H and O–H groups in total. The molecule has 0 bridgehead atoms. The molecular formula is C9H6N2O2. The fraction of sp³-hybridized carbons (Fsp3) is 0.111. The van der Waals surface area contributed by atoms with Gasteiger partial charge in [-0.15, -0.1) is 0 Å². The van der Waals surface area contributed by atoms with Gasteiger partial charge in [-0.25, -0.2) is 0 Å². The van der Waals surface area contributed by atoms with E-state index in [1.54, 1.807) is 30.6 Å². The van der Waals surface area contributed by atoms with Crippen molar-refractivity contribution < 1.29 is 9.52 Å². The molecule has 0 aliphatic heterocycles. The van der Waals surface area contributed by atoms with Gasteiger partial charge >= 0.3 is 0 Å². The Morgan fingerprint density at radius 2 is 2.46 bits per heavy atom. The Kier molecular flexibility index (Phi) is 1.72. The van der Waals surface area contributed by atoms with Crippen LogP contribution in [0.5, 0.6) is 0 Å². The first-order chi connectivity index (χ1) is 6.31. The summed E-state index contributed by atoms with van der Waals surface area (Å²) in [5, 5.41) is 18.4. The third-order valence-corrected chi connectivity index (χ3v) is 1.73. The van der Waals surface area contributed by atoms with Gasteiger partial charge in [-0.2, -0.15) is 5.26 Å². The summed E-state index contributed by atoms with van der Waals surface area (Å²) in [7, 11) is 0. The smallest absolute Gasteiger partial charge is 0.198 e.